The van der Waals surface area contributed by atoms with Gasteiger partial charge in [0.05, 0.1) is 0 Å². The van der Waals surface area contributed by atoms with Crippen molar-refractivity contribution in [1.82, 2.24) is 0 Å². The highest BCUT2D eigenvalue weighted by Gasteiger charge is 2.11. The molecule has 0 amide bonds. The quantitative estimate of drug-likeness (QED) is 0.0744. The van der Waals surface area contributed by atoms with Crippen molar-refractivity contribution >= 4 is 0 Å². The van der Waals surface area contributed by atoms with Gasteiger partial charge in [-0.15, -0.1) is 0 Å². The second-order valence-electron chi connectivity index (χ2n) is 8.94. The van der Waals surface area contributed by atoms with E-state index in [1.54, 1.807) is 0 Å². The van der Waals surface area contributed by atoms with Gasteiger partial charge in [-0.3, -0.25) is 0 Å². The summed E-state index contributed by atoms with van der Waals surface area (Å²) < 4.78 is 0. The molecule has 0 aliphatic heterocycles. The maximum Gasteiger partial charge on any atom is 0.477 e. The average molecular weight is 453 g/mol. The van der Waals surface area contributed by atoms with E-state index in [-0.39, 0.29) is 0 Å². The summed E-state index contributed by atoms with van der Waals surface area (Å²) in [6.07, 6.45) is 33.6. The van der Waals surface area contributed by atoms with Gasteiger partial charge in [-0.25, -0.2) is 0 Å². The topological polar surface area (TPSA) is 38.5 Å². The van der Waals surface area contributed by atoms with E-state index in [0.29, 0.717) is 18.3 Å². The van der Waals surface area contributed by atoms with Crippen LogP contribution in [-0.4, -0.2) is 18.3 Å². The monoisotopic (exact) mass is 452 g/mol. The first-order valence-electron chi connectivity index (χ1n) is 13.8. The fraction of sp³-hybridized carbons (Fsp3) is 0.857. The lowest BCUT2D eigenvalue weighted by molar-refractivity contribution is -0.981. The summed E-state index contributed by atoms with van der Waals surface area (Å²) in [5.74, 6) is 0. The molecule has 0 atom stereocenters. The molecule has 0 unspecified atom stereocenters. The third-order valence-corrected chi connectivity index (χ3v) is 5.71. The van der Waals surface area contributed by atoms with Crippen molar-refractivity contribution in [2.45, 2.75) is 142 Å². The van der Waals surface area contributed by atoms with Crippen LogP contribution in [0.1, 0.15) is 142 Å². The Morgan fingerprint density at radius 3 is 1.16 bits per heavy atom. The van der Waals surface area contributed by atoms with Gasteiger partial charge in [0, 0.05) is 0 Å². The zero-order valence-electron chi connectivity index (χ0n) is 21.5. The first-order valence-corrected chi connectivity index (χ1v) is 13.8. The van der Waals surface area contributed by atoms with Gasteiger partial charge >= 0.3 is 5.09 Å². The molecule has 0 fully saturated rings. The van der Waals surface area contributed by atoms with E-state index in [1.807, 2.05) is 0 Å². The highest BCUT2D eigenvalue weighted by Crippen LogP contribution is 2.10. The Balaban J connectivity index is 3.21. The largest absolute Gasteiger partial charge is 0.477 e. The van der Waals surface area contributed by atoms with Crippen LogP contribution < -0.4 is 0 Å². The molecular formula is C28H54NO3+. The van der Waals surface area contributed by atoms with Gasteiger partial charge in [-0.1, -0.05) is 102 Å². The Morgan fingerprint density at radius 2 is 0.781 bits per heavy atom. The first-order chi connectivity index (χ1) is 15.8. The van der Waals surface area contributed by atoms with E-state index in [9.17, 15) is 4.91 Å². The summed E-state index contributed by atoms with van der Waals surface area (Å²) in [6.45, 7) is 5.38. The molecule has 0 heterocycles. The van der Waals surface area contributed by atoms with Crippen LogP contribution >= 0.6 is 0 Å². The van der Waals surface area contributed by atoms with Crippen LogP contribution in [0.2, 0.25) is 0 Å². The van der Waals surface area contributed by atoms with E-state index in [1.165, 1.54) is 103 Å². The summed E-state index contributed by atoms with van der Waals surface area (Å²) in [6, 6.07) is 0. The Labute approximate surface area is 199 Å². The lowest BCUT2D eigenvalue weighted by atomic mass is 10.1. The van der Waals surface area contributed by atoms with Gasteiger partial charge in [0.2, 0.25) is 0 Å². The molecule has 0 aromatic carbocycles. The fourth-order valence-corrected chi connectivity index (χ4v) is 3.57. The first kappa shape index (κ1) is 30.7. The normalized spacial score (nSPS) is 11.6. The molecule has 0 N–H and O–H groups in total. The molecule has 0 rings (SSSR count). The van der Waals surface area contributed by atoms with Crippen LogP contribution in [0.4, 0.5) is 0 Å². The highest BCUT2D eigenvalue weighted by atomic mass is 17.0. The molecule has 0 bridgehead atoms. The van der Waals surface area contributed by atoms with Gasteiger partial charge in [0.25, 0.3) is 0 Å². The van der Waals surface area contributed by atoms with Gasteiger partial charge in [0.15, 0.2) is 13.2 Å². The van der Waals surface area contributed by atoms with E-state index in [0.717, 1.165) is 25.7 Å². The van der Waals surface area contributed by atoms with Crippen LogP contribution in [0.5, 0.6) is 0 Å². The second kappa shape index (κ2) is 27.7. The Bertz CT molecular complexity index is 396. The van der Waals surface area contributed by atoms with Crippen LogP contribution in [0, 0.1) is 4.91 Å². The maximum atomic E-state index is 11.5. The average Bonchev–Trinajstić information content (AvgIpc) is 2.80. The second-order valence-corrected chi connectivity index (χ2v) is 8.94. The molecule has 0 spiro atoms. The summed E-state index contributed by atoms with van der Waals surface area (Å²) in [5, 5.41) is 0.315. The number of unbranched alkanes of at least 4 members (excludes halogenated alkanes) is 16. The molecule has 0 aromatic heterocycles. The lowest BCUT2D eigenvalue weighted by Gasteiger charge is -2.00. The minimum atomic E-state index is 0.315. The maximum absolute atomic E-state index is 11.5. The predicted molar refractivity (Wildman–Crippen MR) is 137 cm³/mol. The fourth-order valence-electron chi connectivity index (χ4n) is 3.57. The summed E-state index contributed by atoms with van der Waals surface area (Å²) in [7, 11) is 0. The zero-order chi connectivity index (χ0) is 23.4. The summed E-state index contributed by atoms with van der Waals surface area (Å²) >= 11 is 0. The molecule has 4 nitrogen and oxygen atoms in total. The molecular weight excluding hydrogens is 398 g/mol. The van der Waals surface area contributed by atoms with Gasteiger partial charge in [-0.2, -0.15) is 9.68 Å². The standard InChI is InChI=1S/C28H54NO3/c1-3-5-7-9-11-13-15-17-19-21-23-25-27-31-29(30)32-28-26-24-22-20-18-16-14-12-10-8-6-4-2/h9-12H,3-8,13-28H2,1-2H3/q+1. The van der Waals surface area contributed by atoms with Crippen molar-refractivity contribution < 1.29 is 14.8 Å². The third kappa shape index (κ3) is 26.7. The predicted octanol–water partition coefficient (Wildman–Crippen LogP) is 9.58. The van der Waals surface area contributed by atoms with Crippen LogP contribution in [0.15, 0.2) is 24.3 Å². The molecule has 0 aliphatic rings. The highest BCUT2D eigenvalue weighted by molar-refractivity contribution is 4.81. The Kier molecular flexibility index (Phi) is 26.6. The van der Waals surface area contributed by atoms with E-state index in [4.69, 9.17) is 9.68 Å². The van der Waals surface area contributed by atoms with Crippen molar-refractivity contribution in [1.29, 1.82) is 0 Å². The molecule has 0 aromatic rings. The minimum Gasteiger partial charge on any atom is -0.187 e. The SMILES string of the molecule is CCCCC=CCCCCCCCCO[N+](=O)OCCCCCCCCC=CCCCC. The molecule has 0 aliphatic carbocycles. The number of rotatable bonds is 26. The van der Waals surface area contributed by atoms with Crippen LogP contribution in [0.25, 0.3) is 0 Å². The number of allylic oxidation sites excluding steroid dienone is 4. The molecule has 188 valence electrons. The Hall–Kier alpha value is -1.32. The van der Waals surface area contributed by atoms with Crippen molar-refractivity contribution in [3.63, 3.8) is 0 Å². The van der Waals surface area contributed by atoms with Crippen molar-refractivity contribution in [2.24, 2.45) is 0 Å². The molecule has 0 saturated heterocycles. The molecule has 4 heteroatoms. The molecule has 0 saturated carbocycles. The van der Waals surface area contributed by atoms with E-state index in [2.05, 4.69) is 38.2 Å². The van der Waals surface area contributed by atoms with E-state index < -0.39 is 0 Å². The molecule has 0 radical (unpaired) electrons. The number of nitrogens with zero attached hydrogens (tertiary/aromatic N) is 1. The van der Waals surface area contributed by atoms with Gasteiger partial charge < -0.3 is 0 Å². The third-order valence-electron chi connectivity index (χ3n) is 5.71. The zero-order valence-corrected chi connectivity index (χ0v) is 21.5. The number of hydrogen-bond acceptors (Lipinski definition) is 3. The van der Waals surface area contributed by atoms with Crippen molar-refractivity contribution in [2.75, 3.05) is 13.2 Å². The minimum absolute atomic E-state index is 0.315. The van der Waals surface area contributed by atoms with E-state index >= 15 is 0 Å². The lowest BCUT2D eigenvalue weighted by Crippen LogP contribution is -2.12. The number of hydrogen-bond donors (Lipinski definition) is 0. The van der Waals surface area contributed by atoms with Gasteiger partial charge in [0.1, 0.15) is 4.91 Å². The smallest absolute Gasteiger partial charge is 0.187 e. The van der Waals surface area contributed by atoms with Crippen LogP contribution in [-0.2, 0) is 9.68 Å². The summed E-state index contributed by atoms with van der Waals surface area (Å²) in [4.78, 5) is 21.7. The molecule has 32 heavy (non-hydrogen) atoms. The van der Waals surface area contributed by atoms with Gasteiger partial charge in [-0.05, 0) is 64.2 Å². The van der Waals surface area contributed by atoms with Crippen molar-refractivity contribution in [3.8, 4) is 0 Å². The van der Waals surface area contributed by atoms with Crippen molar-refractivity contribution in [3.05, 3.63) is 29.2 Å². The summed E-state index contributed by atoms with van der Waals surface area (Å²) in [5.41, 5.74) is 0. The van der Waals surface area contributed by atoms with Crippen LogP contribution in [0.3, 0.4) is 0 Å². The Morgan fingerprint density at radius 1 is 0.469 bits per heavy atom.